The van der Waals surface area contributed by atoms with Crippen LogP contribution in [0.5, 0.6) is 17.2 Å². The Morgan fingerprint density at radius 3 is 2.66 bits per heavy atom. The number of hydrogen-bond acceptors (Lipinski definition) is 6. The smallest absolute Gasteiger partial charge is 0.308 e. The van der Waals surface area contributed by atoms with Crippen molar-refractivity contribution in [1.82, 2.24) is 9.80 Å². The van der Waals surface area contributed by atoms with E-state index in [0.717, 1.165) is 66.9 Å². The van der Waals surface area contributed by atoms with E-state index in [1.807, 2.05) is 23.1 Å². The zero-order chi connectivity index (χ0) is 30.9. The second-order valence-corrected chi connectivity index (χ2v) is 14.4. The fourth-order valence-corrected chi connectivity index (χ4v) is 8.85. The van der Waals surface area contributed by atoms with Crippen molar-refractivity contribution in [3.63, 3.8) is 0 Å². The average molecular weight is 597 g/mol. The van der Waals surface area contributed by atoms with Gasteiger partial charge in [0.1, 0.15) is 11.9 Å². The van der Waals surface area contributed by atoms with E-state index in [0.29, 0.717) is 30.0 Å². The normalized spacial score (nSPS) is 28.0. The van der Waals surface area contributed by atoms with E-state index in [9.17, 15) is 14.7 Å². The van der Waals surface area contributed by atoms with Crippen molar-refractivity contribution in [2.75, 3.05) is 19.6 Å². The van der Waals surface area contributed by atoms with Gasteiger partial charge in [-0.05, 0) is 99.9 Å². The van der Waals surface area contributed by atoms with Gasteiger partial charge in [0.2, 0.25) is 0 Å². The van der Waals surface area contributed by atoms with Crippen molar-refractivity contribution in [2.45, 2.75) is 96.7 Å². The predicted molar refractivity (Wildman–Crippen MR) is 168 cm³/mol. The number of benzene rings is 2. The quantitative estimate of drug-likeness (QED) is 0.278. The largest absolute Gasteiger partial charge is 0.504 e. The van der Waals surface area contributed by atoms with Crippen LogP contribution < -0.4 is 9.47 Å². The Hall–Kier alpha value is -3.50. The summed E-state index contributed by atoms with van der Waals surface area (Å²) in [6.45, 7) is 12.5. The summed E-state index contributed by atoms with van der Waals surface area (Å²) >= 11 is 0. The van der Waals surface area contributed by atoms with Crippen LogP contribution in [-0.2, 0) is 21.4 Å². The molecule has 2 aromatic rings. The molecule has 0 unspecified atom stereocenters. The number of phenolic OH excluding ortho intramolecular Hbond substituents is 1. The highest BCUT2D eigenvalue weighted by molar-refractivity contribution is 5.94. The number of likely N-dealkylation sites (tertiary alicyclic amines) is 1. The molecule has 5 aliphatic rings. The predicted octanol–water partition coefficient (Wildman–Crippen LogP) is 5.29. The molecule has 2 saturated carbocycles. The molecule has 3 aliphatic carbocycles. The van der Waals surface area contributed by atoms with Crippen LogP contribution in [0.15, 0.2) is 24.3 Å². The molecule has 7 rings (SSSR count). The summed E-state index contributed by atoms with van der Waals surface area (Å²) in [5.41, 5.74) is 4.85. The lowest BCUT2D eigenvalue weighted by Crippen LogP contribution is -2.69. The third-order valence-corrected chi connectivity index (χ3v) is 11.0. The molecule has 2 heterocycles. The van der Waals surface area contributed by atoms with Gasteiger partial charge < -0.3 is 19.5 Å². The summed E-state index contributed by atoms with van der Waals surface area (Å²) in [5.74, 6) is 7.89. The van der Waals surface area contributed by atoms with E-state index in [4.69, 9.17) is 9.47 Å². The minimum Gasteiger partial charge on any atom is -0.504 e. The number of nitrogens with zero attached hydrogens (tertiary/aromatic N) is 2. The number of hydrogen-bond donors (Lipinski definition) is 1. The monoisotopic (exact) mass is 596 g/mol. The lowest BCUT2D eigenvalue weighted by molar-refractivity contribution is -0.138. The molecule has 44 heavy (non-hydrogen) atoms. The SMILES string of the molecule is CC(=O)Oc1cc(O)c2c3c1C[C@@H]1[C@@H]4CC[C@@H](N(CC(C)C)C(=O)C#Cc5ccc(C)c(C)c5)[C@H](O2)[C@]34CCN1CC1CC1. The van der Waals surface area contributed by atoms with Gasteiger partial charge in [0.25, 0.3) is 5.91 Å². The molecule has 0 radical (unpaired) electrons. The van der Waals surface area contributed by atoms with Gasteiger partial charge in [-0.25, -0.2) is 0 Å². The minimum atomic E-state index is -0.395. The Morgan fingerprint density at radius 2 is 1.95 bits per heavy atom. The number of esters is 1. The number of aryl methyl sites for hydroxylation is 2. The fraction of sp³-hybridized carbons (Fsp3) is 0.568. The van der Waals surface area contributed by atoms with E-state index >= 15 is 0 Å². The van der Waals surface area contributed by atoms with Crippen LogP contribution in [-0.4, -0.2) is 64.6 Å². The molecule has 1 spiro atoms. The van der Waals surface area contributed by atoms with E-state index in [-0.39, 0.29) is 35.1 Å². The molecule has 2 aliphatic heterocycles. The summed E-state index contributed by atoms with van der Waals surface area (Å²) in [6.07, 6.45) is 5.77. The average Bonchev–Trinajstić information content (AvgIpc) is 3.72. The molecule has 1 saturated heterocycles. The number of piperidine rings is 1. The molecular formula is C37H44N2O5. The van der Waals surface area contributed by atoms with Crippen LogP contribution in [0.2, 0.25) is 0 Å². The third kappa shape index (κ3) is 4.77. The number of ether oxygens (including phenoxy) is 2. The van der Waals surface area contributed by atoms with Crippen LogP contribution in [0.1, 0.15) is 80.7 Å². The van der Waals surface area contributed by atoms with Crippen LogP contribution >= 0.6 is 0 Å². The van der Waals surface area contributed by atoms with Crippen molar-refractivity contribution in [1.29, 1.82) is 0 Å². The van der Waals surface area contributed by atoms with Crippen molar-refractivity contribution in [3.8, 4) is 29.1 Å². The Balaban J connectivity index is 1.30. The fourth-order valence-electron chi connectivity index (χ4n) is 8.85. The second kappa shape index (κ2) is 10.8. The Kier molecular flexibility index (Phi) is 7.20. The molecule has 2 aromatic carbocycles. The molecule has 1 N–H and O–H groups in total. The molecule has 232 valence electrons. The van der Waals surface area contributed by atoms with Gasteiger partial charge in [0, 0.05) is 60.1 Å². The number of aromatic hydroxyl groups is 1. The maximum absolute atomic E-state index is 14.0. The summed E-state index contributed by atoms with van der Waals surface area (Å²) in [7, 11) is 0. The van der Waals surface area contributed by atoms with Gasteiger partial charge >= 0.3 is 5.97 Å². The lowest BCUT2D eigenvalue weighted by atomic mass is 9.50. The molecule has 7 nitrogen and oxygen atoms in total. The van der Waals surface area contributed by atoms with Crippen LogP contribution in [0.25, 0.3) is 0 Å². The highest BCUT2D eigenvalue weighted by Gasteiger charge is 2.67. The molecule has 0 aromatic heterocycles. The van der Waals surface area contributed by atoms with Gasteiger partial charge in [-0.15, -0.1) is 0 Å². The van der Waals surface area contributed by atoms with Gasteiger partial charge in [-0.3, -0.25) is 14.5 Å². The van der Waals surface area contributed by atoms with Crippen molar-refractivity contribution in [2.24, 2.45) is 17.8 Å². The minimum absolute atomic E-state index is 0.0106. The first-order chi connectivity index (χ1) is 21.1. The van der Waals surface area contributed by atoms with E-state index in [2.05, 4.69) is 44.4 Å². The van der Waals surface area contributed by atoms with Crippen LogP contribution in [0.4, 0.5) is 0 Å². The number of carbonyl (C=O) groups excluding carboxylic acids is 2. The standard InChI is InChI=1S/C37H44N2O5/c1-21(2)19-39(33(42)13-10-25-7-6-22(3)23(4)16-25)29-12-11-28-30-17-27-32(43-24(5)40)18-31(41)35-34(27)37(28,36(29)44-35)14-15-38(30)20-26-8-9-26/h6-7,16,18,21,26,28-30,36,41H,8-9,11-12,14-15,17,19-20H2,1-5H3/t28-,29+,30+,36-,37-/m0/s1. The second-order valence-electron chi connectivity index (χ2n) is 14.4. The van der Waals surface area contributed by atoms with E-state index in [1.54, 1.807) is 6.07 Å². The highest BCUT2D eigenvalue weighted by Crippen LogP contribution is 2.65. The third-order valence-electron chi connectivity index (χ3n) is 11.0. The molecule has 2 bridgehead atoms. The first-order valence-corrected chi connectivity index (χ1v) is 16.4. The summed E-state index contributed by atoms with van der Waals surface area (Å²) in [4.78, 5) is 30.8. The number of amides is 1. The molecule has 7 heteroatoms. The van der Waals surface area contributed by atoms with E-state index in [1.165, 1.54) is 25.3 Å². The lowest BCUT2D eigenvalue weighted by Gasteiger charge is -2.60. The summed E-state index contributed by atoms with van der Waals surface area (Å²) in [6, 6.07) is 7.74. The Morgan fingerprint density at radius 1 is 1.16 bits per heavy atom. The van der Waals surface area contributed by atoms with Gasteiger partial charge in [0.15, 0.2) is 11.5 Å². The molecule has 5 atom stereocenters. The Labute approximate surface area is 260 Å². The maximum Gasteiger partial charge on any atom is 0.308 e. The van der Waals surface area contributed by atoms with Crippen LogP contribution in [0.3, 0.4) is 0 Å². The molecule has 3 fully saturated rings. The number of phenols is 1. The van der Waals surface area contributed by atoms with Crippen molar-refractivity contribution < 1.29 is 24.2 Å². The zero-order valence-electron chi connectivity index (χ0n) is 26.6. The first kappa shape index (κ1) is 29.2. The summed E-state index contributed by atoms with van der Waals surface area (Å²) < 4.78 is 12.6. The molecule has 1 amide bonds. The molecular weight excluding hydrogens is 552 g/mol. The maximum atomic E-state index is 14.0. The van der Waals surface area contributed by atoms with Gasteiger partial charge in [-0.1, -0.05) is 25.8 Å². The topological polar surface area (TPSA) is 79.3 Å². The van der Waals surface area contributed by atoms with Crippen LogP contribution in [0, 0.1) is 43.4 Å². The van der Waals surface area contributed by atoms with Crippen molar-refractivity contribution in [3.05, 3.63) is 52.1 Å². The highest BCUT2D eigenvalue weighted by atomic mass is 16.5. The van der Waals surface area contributed by atoms with Gasteiger partial charge in [0.05, 0.1) is 6.04 Å². The first-order valence-electron chi connectivity index (χ1n) is 16.4. The summed E-state index contributed by atoms with van der Waals surface area (Å²) in [5, 5.41) is 11.3. The van der Waals surface area contributed by atoms with E-state index < -0.39 is 5.97 Å². The van der Waals surface area contributed by atoms with Crippen molar-refractivity contribution >= 4 is 11.9 Å². The number of rotatable bonds is 6. The van der Waals surface area contributed by atoms with Gasteiger partial charge in [-0.2, -0.15) is 0 Å². The zero-order valence-corrected chi connectivity index (χ0v) is 26.6. The number of carbonyl (C=O) groups is 2. The Bertz CT molecular complexity index is 1580.